The lowest BCUT2D eigenvalue weighted by Crippen LogP contribution is -2.45. The molecule has 3 atom stereocenters. The van der Waals surface area contributed by atoms with E-state index in [0.29, 0.717) is 6.42 Å². The third kappa shape index (κ3) is 3.09. The van der Waals surface area contributed by atoms with Crippen LogP contribution in [0.25, 0.3) is 0 Å². The summed E-state index contributed by atoms with van der Waals surface area (Å²) in [6.07, 6.45) is 0.528. The zero-order valence-corrected chi connectivity index (χ0v) is 10.5. The van der Waals surface area contributed by atoms with Gasteiger partial charge in [-0.05, 0) is 17.9 Å². The molecule has 0 bridgehead atoms. The average molecular weight is 248 g/mol. The number of carbonyl (C=O) groups excluding carboxylic acids is 2. The molecule has 3 unspecified atom stereocenters. The maximum absolute atomic E-state index is 11.2. The number of carboxylic acid groups (broad SMARTS) is 2. The fourth-order valence-corrected chi connectivity index (χ4v) is 2.26. The molecule has 0 heterocycles. The zero-order valence-electron chi connectivity index (χ0n) is 10.5. The molecule has 0 aliphatic carbocycles. The summed E-state index contributed by atoms with van der Waals surface area (Å²) in [5.41, 5.74) is 0.808. The van der Waals surface area contributed by atoms with Crippen molar-refractivity contribution in [3.8, 4) is 0 Å². The molecule has 4 nitrogen and oxygen atoms in total. The Balaban J connectivity index is 3.10. The van der Waals surface area contributed by atoms with E-state index >= 15 is 0 Å². The molecular formula is C14H16O4-2. The monoisotopic (exact) mass is 248 g/mol. The first-order valence-electron chi connectivity index (χ1n) is 5.95. The summed E-state index contributed by atoms with van der Waals surface area (Å²) in [5.74, 6) is -5.26. The largest absolute Gasteiger partial charge is 0.550 e. The van der Waals surface area contributed by atoms with Gasteiger partial charge in [-0.2, -0.15) is 0 Å². The second-order valence-electron chi connectivity index (χ2n) is 4.38. The SMILES string of the molecule is CCC(c1ccccc1)C(C(=O)[O-])C(C)C(=O)[O-]. The Morgan fingerprint density at radius 1 is 1.11 bits per heavy atom. The van der Waals surface area contributed by atoms with Gasteiger partial charge in [0, 0.05) is 23.8 Å². The van der Waals surface area contributed by atoms with E-state index in [0.717, 1.165) is 5.56 Å². The number of hydrogen-bond acceptors (Lipinski definition) is 4. The Labute approximate surface area is 106 Å². The number of benzene rings is 1. The Morgan fingerprint density at radius 3 is 2.06 bits per heavy atom. The topological polar surface area (TPSA) is 80.3 Å². The number of hydrogen-bond donors (Lipinski definition) is 0. The van der Waals surface area contributed by atoms with E-state index in [1.54, 1.807) is 24.3 Å². The van der Waals surface area contributed by atoms with Crippen molar-refractivity contribution >= 4 is 11.9 Å². The molecule has 0 aromatic heterocycles. The molecule has 0 spiro atoms. The van der Waals surface area contributed by atoms with Gasteiger partial charge < -0.3 is 19.8 Å². The van der Waals surface area contributed by atoms with Crippen molar-refractivity contribution < 1.29 is 19.8 Å². The molecular weight excluding hydrogens is 232 g/mol. The molecule has 0 aliphatic heterocycles. The van der Waals surface area contributed by atoms with Gasteiger partial charge in [0.1, 0.15) is 0 Å². The molecule has 0 radical (unpaired) electrons. The molecule has 0 saturated heterocycles. The summed E-state index contributed by atoms with van der Waals surface area (Å²) in [6, 6.07) is 9.02. The lowest BCUT2D eigenvalue weighted by atomic mass is 9.77. The highest BCUT2D eigenvalue weighted by molar-refractivity contribution is 5.78. The molecule has 0 aliphatic rings. The van der Waals surface area contributed by atoms with Gasteiger partial charge in [0.25, 0.3) is 0 Å². The summed E-state index contributed by atoms with van der Waals surface area (Å²) in [7, 11) is 0. The number of rotatable bonds is 6. The van der Waals surface area contributed by atoms with Crippen LogP contribution in [0, 0.1) is 11.8 Å². The molecule has 98 valence electrons. The lowest BCUT2D eigenvalue weighted by Gasteiger charge is -2.33. The summed E-state index contributed by atoms with van der Waals surface area (Å²) in [6.45, 7) is 3.18. The smallest absolute Gasteiger partial charge is 0.0457 e. The van der Waals surface area contributed by atoms with Crippen LogP contribution in [0.3, 0.4) is 0 Å². The first kappa shape index (κ1) is 14.2. The second kappa shape index (κ2) is 6.19. The third-order valence-corrected chi connectivity index (χ3v) is 3.28. The lowest BCUT2D eigenvalue weighted by molar-refractivity contribution is -0.327. The first-order chi connectivity index (χ1) is 8.49. The van der Waals surface area contributed by atoms with Gasteiger partial charge in [0.15, 0.2) is 0 Å². The molecule has 0 fully saturated rings. The Kier molecular flexibility index (Phi) is 4.89. The standard InChI is InChI=1S/C14H18O4/c1-3-11(10-7-5-4-6-8-10)12(14(17)18)9(2)13(15)16/h4-9,11-12H,3H2,1-2H3,(H,15,16)(H,17,18)/p-2. The maximum Gasteiger partial charge on any atom is 0.0457 e. The van der Waals surface area contributed by atoms with Crippen LogP contribution in [0.4, 0.5) is 0 Å². The summed E-state index contributed by atoms with van der Waals surface area (Å²) < 4.78 is 0. The van der Waals surface area contributed by atoms with Crippen LogP contribution in [0.15, 0.2) is 30.3 Å². The minimum atomic E-state index is -1.36. The summed E-state index contributed by atoms with van der Waals surface area (Å²) in [4.78, 5) is 22.1. The van der Waals surface area contributed by atoms with Crippen LogP contribution < -0.4 is 10.2 Å². The van der Waals surface area contributed by atoms with E-state index in [2.05, 4.69) is 0 Å². The van der Waals surface area contributed by atoms with E-state index in [9.17, 15) is 19.8 Å². The van der Waals surface area contributed by atoms with Crippen LogP contribution in [-0.2, 0) is 9.59 Å². The fraction of sp³-hybridized carbons (Fsp3) is 0.429. The van der Waals surface area contributed by atoms with Crippen LogP contribution in [0.1, 0.15) is 31.7 Å². The van der Waals surface area contributed by atoms with Crippen LogP contribution in [0.5, 0.6) is 0 Å². The van der Waals surface area contributed by atoms with Gasteiger partial charge in [-0.3, -0.25) is 0 Å². The Bertz CT molecular complexity index is 413. The van der Waals surface area contributed by atoms with Crippen molar-refractivity contribution in [1.29, 1.82) is 0 Å². The van der Waals surface area contributed by atoms with E-state index in [4.69, 9.17) is 0 Å². The average Bonchev–Trinajstić information content (AvgIpc) is 2.35. The van der Waals surface area contributed by atoms with E-state index in [1.165, 1.54) is 6.92 Å². The normalized spacial score (nSPS) is 15.7. The minimum Gasteiger partial charge on any atom is -0.550 e. The minimum absolute atomic E-state index is 0.385. The van der Waals surface area contributed by atoms with Gasteiger partial charge in [-0.1, -0.05) is 44.2 Å². The first-order valence-corrected chi connectivity index (χ1v) is 5.95. The van der Waals surface area contributed by atoms with Crippen LogP contribution in [0.2, 0.25) is 0 Å². The molecule has 1 rings (SSSR count). The maximum atomic E-state index is 11.2. The number of carbonyl (C=O) groups is 2. The quantitative estimate of drug-likeness (QED) is 0.706. The molecule has 4 heteroatoms. The van der Waals surface area contributed by atoms with Gasteiger partial charge in [0.05, 0.1) is 0 Å². The molecule has 18 heavy (non-hydrogen) atoms. The van der Waals surface area contributed by atoms with E-state index in [1.807, 2.05) is 13.0 Å². The van der Waals surface area contributed by atoms with Gasteiger partial charge in [-0.25, -0.2) is 0 Å². The molecule has 0 saturated carbocycles. The van der Waals surface area contributed by atoms with Crippen molar-refractivity contribution in [3.05, 3.63) is 35.9 Å². The van der Waals surface area contributed by atoms with Gasteiger partial charge in [0.2, 0.25) is 0 Å². The second-order valence-corrected chi connectivity index (χ2v) is 4.38. The molecule has 0 N–H and O–H groups in total. The van der Waals surface area contributed by atoms with Gasteiger partial charge >= 0.3 is 0 Å². The van der Waals surface area contributed by atoms with Crippen molar-refractivity contribution in [3.63, 3.8) is 0 Å². The van der Waals surface area contributed by atoms with Crippen molar-refractivity contribution in [2.24, 2.45) is 11.8 Å². The third-order valence-electron chi connectivity index (χ3n) is 3.28. The van der Waals surface area contributed by atoms with E-state index < -0.39 is 23.8 Å². The molecule has 0 amide bonds. The van der Waals surface area contributed by atoms with Crippen LogP contribution >= 0.6 is 0 Å². The Hall–Kier alpha value is -1.84. The zero-order chi connectivity index (χ0) is 13.7. The predicted octanol–water partition coefficient (Wildman–Crippen LogP) is -0.0677. The Morgan fingerprint density at radius 2 is 1.67 bits per heavy atom. The predicted molar refractivity (Wildman–Crippen MR) is 62.1 cm³/mol. The molecule has 1 aromatic carbocycles. The van der Waals surface area contributed by atoms with Crippen molar-refractivity contribution in [2.75, 3.05) is 0 Å². The summed E-state index contributed by atoms with van der Waals surface area (Å²) >= 11 is 0. The highest BCUT2D eigenvalue weighted by Gasteiger charge is 2.28. The summed E-state index contributed by atoms with van der Waals surface area (Å²) in [5, 5.41) is 22.1. The van der Waals surface area contributed by atoms with Crippen molar-refractivity contribution in [1.82, 2.24) is 0 Å². The van der Waals surface area contributed by atoms with Crippen molar-refractivity contribution in [2.45, 2.75) is 26.2 Å². The number of aliphatic carboxylic acids is 2. The highest BCUT2D eigenvalue weighted by Crippen LogP contribution is 2.32. The number of carboxylic acids is 2. The van der Waals surface area contributed by atoms with E-state index in [-0.39, 0.29) is 5.92 Å². The fourth-order valence-electron chi connectivity index (χ4n) is 2.26. The van der Waals surface area contributed by atoms with Gasteiger partial charge in [-0.15, -0.1) is 0 Å². The molecule has 1 aromatic rings. The highest BCUT2D eigenvalue weighted by atomic mass is 16.4. The van der Waals surface area contributed by atoms with Crippen LogP contribution in [-0.4, -0.2) is 11.9 Å².